The number of carbonyl (C=O) groups is 1. The van der Waals surface area contributed by atoms with Crippen LogP contribution in [0.5, 0.6) is 11.5 Å². The third kappa shape index (κ3) is 2.45. The number of rotatable bonds is 4. The molecule has 0 atom stereocenters. The van der Waals surface area contributed by atoms with Crippen molar-refractivity contribution in [2.45, 2.75) is 6.54 Å². The van der Waals surface area contributed by atoms with Crippen molar-refractivity contribution < 1.29 is 19.1 Å². The number of amides is 1. The minimum atomic E-state index is -0.386. The van der Waals surface area contributed by atoms with Crippen LogP contribution in [0, 0.1) is 0 Å². The molecule has 1 amide bonds. The molecule has 0 radical (unpaired) electrons. The fourth-order valence-corrected chi connectivity index (χ4v) is 1.55. The van der Waals surface area contributed by atoms with Crippen molar-refractivity contribution in [2.24, 2.45) is 0 Å². The first-order chi connectivity index (χ1) is 8.72. The van der Waals surface area contributed by atoms with Crippen LogP contribution in [0.3, 0.4) is 0 Å². The molecule has 0 aliphatic rings. The summed E-state index contributed by atoms with van der Waals surface area (Å²) < 4.78 is 10.0. The molecule has 0 aliphatic carbocycles. The van der Waals surface area contributed by atoms with E-state index in [1.807, 2.05) is 0 Å². The molecule has 1 heterocycles. The monoisotopic (exact) mass is 247 g/mol. The molecule has 2 N–H and O–H groups in total. The van der Waals surface area contributed by atoms with Gasteiger partial charge in [0, 0.05) is 0 Å². The number of benzene rings is 1. The van der Waals surface area contributed by atoms with Gasteiger partial charge in [0.25, 0.3) is 5.91 Å². The SMILES string of the molecule is COc1cccc(C(=O)NCc2ccco2)c1O. The van der Waals surface area contributed by atoms with E-state index in [0.29, 0.717) is 5.76 Å². The summed E-state index contributed by atoms with van der Waals surface area (Å²) in [7, 11) is 1.43. The normalized spacial score (nSPS) is 10.1. The predicted molar refractivity (Wildman–Crippen MR) is 64.5 cm³/mol. The van der Waals surface area contributed by atoms with E-state index >= 15 is 0 Å². The molecular formula is C13H13NO4. The number of methoxy groups -OCH3 is 1. The highest BCUT2D eigenvalue weighted by atomic mass is 16.5. The van der Waals surface area contributed by atoms with Crippen molar-refractivity contribution in [2.75, 3.05) is 7.11 Å². The molecule has 5 heteroatoms. The largest absolute Gasteiger partial charge is 0.504 e. The van der Waals surface area contributed by atoms with Gasteiger partial charge in [-0.3, -0.25) is 4.79 Å². The summed E-state index contributed by atoms with van der Waals surface area (Å²) in [6.07, 6.45) is 1.53. The highest BCUT2D eigenvalue weighted by Gasteiger charge is 2.14. The summed E-state index contributed by atoms with van der Waals surface area (Å²) in [4.78, 5) is 11.9. The second-order valence-corrected chi connectivity index (χ2v) is 3.62. The molecule has 0 fully saturated rings. The molecule has 0 saturated heterocycles. The average molecular weight is 247 g/mol. The van der Waals surface area contributed by atoms with E-state index in [9.17, 15) is 9.90 Å². The number of para-hydroxylation sites is 1. The second-order valence-electron chi connectivity index (χ2n) is 3.62. The number of carbonyl (C=O) groups excluding carboxylic acids is 1. The Kier molecular flexibility index (Phi) is 3.52. The number of nitrogens with one attached hydrogen (secondary N) is 1. The number of hydrogen-bond donors (Lipinski definition) is 2. The van der Waals surface area contributed by atoms with Crippen molar-refractivity contribution in [3.05, 3.63) is 47.9 Å². The van der Waals surface area contributed by atoms with Gasteiger partial charge < -0.3 is 19.6 Å². The molecule has 1 aromatic heterocycles. The number of phenolic OH excluding ortho intramolecular Hbond substituents is 1. The van der Waals surface area contributed by atoms with E-state index in [2.05, 4.69) is 5.32 Å². The van der Waals surface area contributed by atoms with E-state index in [4.69, 9.17) is 9.15 Å². The maximum atomic E-state index is 11.9. The van der Waals surface area contributed by atoms with Gasteiger partial charge in [0.2, 0.25) is 0 Å². The Balaban J connectivity index is 2.09. The highest BCUT2D eigenvalue weighted by molar-refractivity contribution is 5.97. The lowest BCUT2D eigenvalue weighted by Crippen LogP contribution is -2.22. The Morgan fingerprint density at radius 1 is 1.39 bits per heavy atom. The summed E-state index contributed by atoms with van der Waals surface area (Å²) in [6, 6.07) is 8.24. The standard InChI is InChI=1S/C13H13NO4/c1-17-11-6-2-5-10(12(11)15)13(16)14-8-9-4-3-7-18-9/h2-7,15H,8H2,1H3,(H,14,16). The Morgan fingerprint density at radius 3 is 2.89 bits per heavy atom. The van der Waals surface area contributed by atoms with Crippen molar-refractivity contribution in [3.63, 3.8) is 0 Å². The zero-order valence-corrected chi connectivity index (χ0v) is 9.84. The fraction of sp³-hybridized carbons (Fsp3) is 0.154. The van der Waals surface area contributed by atoms with E-state index in [0.717, 1.165) is 0 Å². The summed E-state index contributed by atoms with van der Waals surface area (Å²) >= 11 is 0. The third-order valence-electron chi connectivity index (χ3n) is 2.47. The molecule has 1 aromatic carbocycles. The molecule has 94 valence electrons. The zero-order valence-electron chi connectivity index (χ0n) is 9.84. The van der Waals surface area contributed by atoms with Crippen LogP contribution in [0.25, 0.3) is 0 Å². The molecule has 0 bridgehead atoms. The number of aromatic hydroxyl groups is 1. The van der Waals surface area contributed by atoms with Crippen LogP contribution in [0.15, 0.2) is 41.0 Å². The maximum Gasteiger partial charge on any atom is 0.255 e. The predicted octanol–water partition coefficient (Wildman–Crippen LogP) is 1.92. The average Bonchev–Trinajstić information content (AvgIpc) is 2.89. The molecule has 2 aromatic rings. The van der Waals surface area contributed by atoms with E-state index in [1.54, 1.807) is 24.3 Å². The molecular weight excluding hydrogens is 234 g/mol. The molecule has 18 heavy (non-hydrogen) atoms. The van der Waals surface area contributed by atoms with Crippen LogP contribution in [0.4, 0.5) is 0 Å². The Morgan fingerprint density at radius 2 is 2.22 bits per heavy atom. The molecule has 0 spiro atoms. The van der Waals surface area contributed by atoms with Crippen molar-refractivity contribution in [1.29, 1.82) is 0 Å². The van der Waals surface area contributed by atoms with Gasteiger partial charge in [0.15, 0.2) is 11.5 Å². The minimum absolute atomic E-state index is 0.168. The van der Waals surface area contributed by atoms with Crippen LogP contribution in [0.2, 0.25) is 0 Å². The molecule has 5 nitrogen and oxygen atoms in total. The van der Waals surface area contributed by atoms with E-state index in [1.165, 1.54) is 19.4 Å². The first-order valence-corrected chi connectivity index (χ1v) is 5.39. The van der Waals surface area contributed by atoms with E-state index < -0.39 is 0 Å². The van der Waals surface area contributed by atoms with Crippen molar-refractivity contribution in [3.8, 4) is 11.5 Å². The second kappa shape index (κ2) is 5.27. The van der Waals surface area contributed by atoms with Gasteiger partial charge in [-0.15, -0.1) is 0 Å². The quantitative estimate of drug-likeness (QED) is 0.865. The zero-order chi connectivity index (χ0) is 13.0. The lowest BCUT2D eigenvalue weighted by atomic mass is 10.1. The topological polar surface area (TPSA) is 71.7 Å². The summed E-state index contributed by atoms with van der Waals surface area (Å²) in [5.41, 5.74) is 0.168. The summed E-state index contributed by atoms with van der Waals surface area (Å²) in [5.74, 6) is 0.353. The van der Waals surface area contributed by atoms with Crippen LogP contribution in [-0.4, -0.2) is 18.1 Å². The first-order valence-electron chi connectivity index (χ1n) is 5.39. The number of ether oxygens (including phenoxy) is 1. The lowest BCUT2D eigenvalue weighted by Gasteiger charge is -2.08. The van der Waals surface area contributed by atoms with Gasteiger partial charge in [-0.05, 0) is 24.3 Å². The van der Waals surface area contributed by atoms with Crippen LogP contribution in [0.1, 0.15) is 16.1 Å². The van der Waals surface area contributed by atoms with Gasteiger partial charge in [0.05, 0.1) is 25.5 Å². The van der Waals surface area contributed by atoms with Crippen LogP contribution >= 0.6 is 0 Å². The molecule has 0 aliphatic heterocycles. The minimum Gasteiger partial charge on any atom is -0.504 e. The summed E-state index contributed by atoms with van der Waals surface area (Å²) in [5, 5.41) is 12.5. The van der Waals surface area contributed by atoms with Gasteiger partial charge in [-0.2, -0.15) is 0 Å². The Hall–Kier alpha value is -2.43. The lowest BCUT2D eigenvalue weighted by molar-refractivity contribution is 0.0944. The molecule has 0 saturated carbocycles. The van der Waals surface area contributed by atoms with Crippen molar-refractivity contribution >= 4 is 5.91 Å². The highest BCUT2D eigenvalue weighted by Crippen LogP contribution is 2.29. The fourth-order valence-electron chi connectivity index (χ4n) is 1.55. The van der Waals surface area contributed by atoms with Crippen molar-refractivity contribution in [1.82, 2.24) is 5.32 Å². The maximum absolute atomic E-state index is 11.9. The van der Waals surface area contributed by atoms with Gasteiger partial charge in [-0.25, -0.2) is 0 Å². The van der Waals surface area contributed by atoms with Gasteiger partial charge >= 0.3 is 0 Å². The Labute approximate surface area is 104 Å². The first kappa shape index (κ1) is 12.0. The van der Waals surface area contributed by atoms with Crippen LogP contribution in [-0.2, 0) is 6.54 Å². The number of phenols is 1. The third-order valence-corrected chi connectivity index (χ3v) is 2.47. The number of hydrogen-bond acceptors (Lipinski definition) is 4. The molecule has 2 rings (SSSR count). The van der Waals surface area contributed by atoms with Gasteiger partial charge in [0.1, 0.15) is 5.76 Å². The number of furan rings is 1. The smallest absolute Gasteiger partial charge is 0.255 e. The molecule has 0 unspecified atom stereocenters. The Bertz CT molecular complexity index is 534. The van der Waals surface area contributed by atoms with Gasteiger partial charge in [-0.1, -0.05) is 6.07 Å². The van der Waals surface area contributed by atoms with E-state index in [-0.39, 0.29) is 29.5 Å². The summed E-state index contributed by atoms with van der Waals surface area (Å²) in [6.45, 7) is 0.266. The van der Waals surface area contributed by atoms with Crippen LogP contribution < -0.4 is 10.1 Å².